The van der Waals surface area contributed by atoms with E-state index < -0.39 is 17.7 Å². The van der Waals surface area contributed by atoms with Gasteiger partial charge in [-0.3, -0.25) is 0 Å². The molecule has 0 fully saturated rings. The van der Waals surface area contributed by atoms with E-state index in [0.717, 1.165) is 24.6 Å². The fraction of sp³-hybridized carbons (Fsp3) is 0.538. The van der Waals surface area contributed by atoms with Gasteiger partial charge in [-0.05, 0) is 36.1 Å². The smallest absolute Gasteiger partial charge is 0.126 e. The third-order valence-electron chi connectivity index (χ3n) is 2.83. The highest BCUT2D eigenvalue weighted by Gasteiger charge is 2.13. The van der Waals surface area contributed by atoms with Crippen LogP contribution in [0.1, 0.15) is 32.3 Å². The van der Waals surface area contributed by atoms with Crippen LogP contribution < -0.4 is 0 Å². The van der Waals surface area contributed by atoms with Crippen LogP contribution in [-0.2, 0) is 6.42 Å². The van der Waals surface area contributed by atoms with E-state index in [9.17, 15) is 13.9 Å². The SMILES string of the molecule is CCC(C)CC(O)Cc1cc(F)ccc1F. The van der Waals surface area contributed by atoms with Crippen LogP contribution >= 0.6 is 0 Å². The standard InChI is InChI=1S/C13H18F2O/c1-3-9(2)6-12(16)8-10-7-11(14)4-5-13(10)15/h4-5,7,9,12,16H,3,6,8H2,1-2H3. The van der Waals surface area contributed by atoms with Crippen molar-refractivity contribution in [3.63, 3.8) is 0 Å². The van der Waals surface area contributed by atoms with Crippen molar-refractivity contribution in [2.45, 2.75) is 39.2 Å². The summed E-state index contributed by atoms with van der Waals surface area (Å²) in [6.45, 7) is 4.07. The largest absolute Gasteiger partial charge is 0.393 e. The quantitative estimate of drug-likeness (QED) is 0.819. The lowest BCUT2D eigenvalue weighted by Gasteiger charge is -2.15. The van der Waals surface area contributed by atoms with Crippen LogP contribution in [-0.4, -0.2) is 11.2 Å². The Morgan fingerprint density at radius 2 is 2.00 bits per heavy atom. The van der Waals surface area contributed by atoms with Gasteiger partial charge in [0.2, 0.25) is 0 Å². The average molecular weight is 228 g/mol. The maximum absolute atomic E-state index is 13.3. The summed E-state index contributed by atoms with van der Waals surface area (Å²) in [4.78, 5) is 0. The summed E-state index contributed by atoms with van der Waals surface area (Å²) in [6, 6.07) is 3.33. The molecule has 1 nitrogen and oxygen atoms in total. The molecule has 16 heavy (non-hydrogen) atoms. The Morgan fingerprint density at radius 3 is 2.62 bits per heavy atom. The molecule has 0 heterocycles. The van der Waals surface area contributed by atoms with E-state index in [4.69, 9.17) is 0 Å². The molecule has 0 saturated carbocycles. The first-order valence-corrected chi connectivity index (χ1v) is 5.65. The number of hydrogen-bond donors (Lipinski definition) is 1. The average Bonchev–Trinajstić information content (AvgIpc) is 2.23. The van der Waals surface area contributed by atoms with Crippen LogP contribution in [0.25, 0.3) is 0 Å². The Balaban J connectivity index is 2.61. The zero-order chi connectivity index (χ0) is 12.1. The van der Waals surface area contributed by atoms with E-state index in [2.05, 4.69) is 0 Å². The van der Waals surface area contributed by atoms with Gasteiger partial charge in [-0.25, -0.2) is 8.78 Å². The number of rotatable bonds is 5. The second-order valence-corrected chi connectivity index (χ2v) is 4.34. The summed E-state index contributed by atoms with van der Waals surface area (Å²) < 4.78 is 26.1. The van der Waals surface area contributed by atoms with Gasteiger partial charge in [0.15, 0.2) is 0 Å². The highest BCUT2D eigenvalue weighted by Crippen LogP contribution is 2.16. The molecule has 1 aromatic rings. The lowest BCUT2D eigenvalue weighted by Crippen LogP contribution is -2.15. The summed E-state index contributed by atoms with van der Waals surface area (Å²) in [6.07, 6.45) is 1.16. The minimum atomic E-state index is -0.605. The van der Waals surface area contributed by atoms with Crippen LogP contribution in [0.3, 0.4) is 0 Å². The van der Waals surface area contributed by atoms with Crippen molar-refractivity contribution in [1.29, 1.82) is 0 Å². The fourth-order valence-electron chi connectivity index (χ4n) is 1.67. The predicted molar refractivity (Wildman–Crippen MR) is 60.1 cm³/mol. The van der Waals surface area contributed by atoms with Gasteiger partial charge in [-0.1, -0.05) is 20.3 Å². The van der Waals surface area contributed by atoms with Crippen molar-refractivity contribution < 1.29 is 13.9 Å². The summed E-state index contributed by atoms with van der Waals surface area (Å²) in [7, 11) is 0. The van der Waals surface area contributed by atoms with Gasteiger partial charge in [0.05, 0.1) is 6.10 Å². The van der Waals surface area contributed by atoms with E-state index in [0.29, 0.717) is 12.3 Å². The molecule has 0 radical (unpaired) electrons. The molecule has 0 amide bonds. The Labute approximate surface area is 95.1 Å². The van der Waals surface area contributed by atoms with Crippen molar-refractivity contribution >= 4 is 0 Å². The molecule has 2 atom stereocenters. The second-order valence-electron chi connectivity index (χ2n) is 4.34. The molecule has 1 rings (SSSR count). The number of aliphatic hydroxyl groups excluding tert-OH is 1. The van der Waals surface area contributed by atoms with E-state index in [1.165, 1.54) is 0 Å². The molecule has 0 spiro atoms. The van der Waals surface area contributed by atoms with E-state index in [-0.39, 0.29) is 12.0 Å². The van der Waals surface area contributed by atoms with E-state index in [1.54, 1.807) is 0 Å². The van der Waals surface area contributed by atoms with Crippen LogP contribution in [0.15, 0.2) is 18.2 Å². The molecule has 2 unspecified atom stereocenters. The maximum atomic E-state index is 13.3. The van der Waals surface area contributed by atoms with Crippen LogP contribution in [0.2, 0.25) is 0 Å². The Bertz CT molecular complexity index is 339. The van der Waals surface area contributed by atoms with E-state index in [1.807, 2.05) is 13.8 Å². The van der Waals surface area contributed by atoms with Crippen LogP contribution in [0.4, 0.5) is 8.78 Å². The predicted octanol–water partition coefficient (Wildman–Crippen LogP) is 3.30. The monoisotopic (exact) mass is 228 g/mol. The Hall–Kier alpha value is -0.960. The molecule has 0 bridgehead atoms. The molecule has 0 aliphatic rings. The first-order valence-electron chi connectivity index (χ1n) is 5.65. The van der Waals surface area contributed by atoms with Crippen molar-refractivity contribution in [1.82, 2.24) is 0 Å². The van der Waals surface area contributed by atoms with Gasteiger partial charge in [0, 0.05) is 6.42 Å². The van der Waals surface area contributed by atoms with Crippen molar-refractivity contribution in [2.75, 3.05) is 0 Å². The lowest BCUT2D eigenvalue weighted by atomic mass is 9.96. The summed E-state index contributed by atoms with van der Waals surface area (Å²) in [5.41, 5.74) is 0.246. The van der Waals surface area contributed by atoms with Gasteiger partial charge in [0.1, 0.15) is 11.6 Å². The molecule has 1 aromatic carbocycles. The molecule has 0 aliphatic heterocycles. The van der Waals surface area contributed by atoms with Gasteiger partial charge in [-0.2, -0.15) is 0 Å². The minimum absolute atomic E-state index is 0.175. The summed E-state index contributed by atoms with van der Waals surface area (Å²) in [5, 5.41) is 9.73. The highest BCUT2D eigenvalue weighted by molar-refractivity contribution is 5.19. The molecule has 3 heteroatoms. The third kappa shape index (κ3) is 3.89. The number of aliphatic hydroxyl groups is 1. The van der Waals surface area contributed by atoms with Crippen molar-refractivity contribution in [2.24, 2.45) is 5.92 Å². The van der Waals surface area contributed by atoms with Gasteiger partial charge < -0.3 is 5.11 Å². The van der Waals surface area contributed by atoms with Crippen molar-refractivity contribution in [3.8, 4) is 0 Å². The zero-order valence-electron chi connectivity index (χ0n) is 9.71. The lowest BCUT2D eigenvalue weighted by molar-refractivity contribution is 0.143. The first-order chi connectivity index (χ1) is 7.52. The highest BCUT2D eigenvalue weighted by atomic mass is 19.1. The van der Waals surface area contributed by atoms with Crippen LogP contribution in [0.5, 0.6) is 0 Å². The summed E-state index contributed by atoms with van der Waals surface area (Å²) >= 11 is 0. The van der Waals surface area contributed by atoms with Gasteiger partial charge in [-0.15, -0.1) is 0 Å². The molecular weight excluding hydrogens is 210 g/mol. The number of hydrogen-bond acceptors (Lipinski definition) is 1. The zero-order valence-corrected chi connectivity index (χ0v) is 9.71. The topological polar surface area (TPSA) is 20.2 Å². The summed E-state index contributed by atoms with van der Waals surface area (Å²) in [5.74, 6) is -0.525. The number of halogens is 2. The molecule has 90 valence electrons. The molecule has 1 N–H and O–H groups in total. The minimum Gasteiger partial charge on any atom is -0.393 e. The second kappa shape index (κ2) is 5.94. The molecule has 0 aromatic heterocycles. The third-order valence-corrected chi connectivity index (χ3v) is 2.83. The normalized spacial score (nSPS) is 14.8. The molecule has 0 saturated heterocycles. The molecular formula is C13H18F2O. The maximum Gasteiger partial charge on any atom is 0.126 e. The fourth-order valence-corrected chi connectivity index (χ4v) is 1.67. The van der Waals surface area contributed by atoms with Gasteiger partial charge >= 0.3 is 0 Å². The van der Waals surface area contributed by atoms with E-state index >= 15 is 0 Å². The first kappa shape index (κ1) is 13.1. The Morgan fingerprint density at radius 1 is 1.31 bits per heavy atom. The van der Waals surface area contributed by atoms with Gasteiger partial charge in [0.25, 0.3) is 0 Å². The Kier molecular flexibility index (Phi) is 4.87. The number of benzene rings is 1. The van der Waals surface area contributed by atoms with Crippen LogP contribution in [0, 0.1) is 17.6 Å². The van der Waals surface area contributed by atoms with Crippen molar-refractivity contribution in [3.05, 3.63) is 35.4 Å². The molecule has 0 aliphatic carbocycles.